The van der Waals surface area contributed by atoms with Crippen molar-refractivity contribution in [3.63, 3.8) is 0 Å². The molecule has 0 radical (unpaired) electrons. The van der Waals surface area contributed by atoms with E-state index >= 15 is 0 Å². The van der Waals surface area contributed by atoms with Gasteiger partial charge in [-0.05, 0) is 41.8 Å². The van der Waals surface area contributed by atoms with Crippen molar-refractivity contribution >= 4 is 11.3 Å². The first-order valence-corrected chi connectivity index (χ1v) is 6.91. The largest absolute Gasteiger partial charge is 0.336 e. The van der Waals surface area contributed by atoms with Gasteiger partial charge in [0, 0.05) is 19.4 Å². The number of aromatic nitrogens is 2. The van der Waals surface area contributed by atoms with Gasteiger partial charge in [-0.2, -0.15) is 11.3 Å². The maximum Gasteiger partial charge on any atom is 0.130 e. The zero-order valence-electron chi connectivity index (χ0n) is 10.6. The number of nitrogens with zero attached hydrogens (tertiary/aromatic N) is 2. The summed E-state index contributed by atoms with van der Waals surface area (Å²) >= 11 is 1.75. The number of thiophene rings is 1. The van der Waals surface area contributed by atoms with E-state index < -0.39 is 0 Å². The molecule has 0 spiro atoms. The molecule has 92 valence electrons. The van der Waals surface area contributed by atoms with E-state index in [1.165, 1.54) is 11.1 Å². The molecule has 0 amide bonds. The Balaban J connectivity index is 2.32. The Morgan fingerprint density at radius 1 is 1.47 bits per heavy atom. The third kappa shape index (κ3) is 2.58. The maximum atomic E-state index is 4.47. The molecule has 2 aromatic heterocycles. The SMILES string of the molecule is CCCNC(c1cscc1C)c1nccn1C. The van der Waals surface area contributed by atoms with Crippen LogP contribution >= 0.6 is 11.3 Å². The summed E-state index contributed by atoms with van der Waals surface area (Å²) in [6, 6.07) is 0.209. The number of hydrogen-bond donors (Lipinski definition) is 1. The number of imidazole rings is 1. The Morgan fingerprint density at radius 2 is 2.29 bits per heavy atom. The summed E-state index contributed by atoms with van der Waals surface area (Å²) in [7, 11) is 2.05. The van der Waals surface area contributed by atoms with Crippen LogP contribution in [0.2, 0.25) is 0 Å². The minimum Gasteiger partial charge on any atom is -0.336 e. The van der Waals surface area contributed by atoms with Gasteiger partial charge in [0.1, 0.15) is 5.82 Å². The van der Waals surface area contributed by atoms with Gasteiger partial charge >= 0.3 is 0 Å². The number of rotatable bonds is 5. The molecule has 1 atom stereocenters. The highest BCUT2D eigenvalue weighted by Crippen LogP contribution is 2.26. The summed E-state index contributed by atoms with van der Waals surface area (Å²) in [5.74, 6) is 1.08. The third-order valence-corrected chi connectivity index (χ3v) is 3.80. The van der Waals surface area contributed by atoms with Gasteiger partial charge in [-0.25, -0.2) is 4.98 Å². The van der Waals surface area contributed by atoms with Crippen LogP contribution in [0.15, 0.2) is 23.2 Å². The van der Waals surface area contributed by atoms with E-state index in [4.69, 9.17) is 0 Å². The lowest BCUT2D eigenvalue weighted by Gasteiger charge is -2.18. The van der Waals surface area contributed by atoms with Gasteiger partial charge in [0.2, 0.25) is 0 Å². The topological polar surface area (TPSA) is 29.9 Å². The van der Waals surface area contributed by atoms with E-state index in [9.17, 15) is 0 Å². The maximum absolute atomic E-state index is 4.47. The molecule has 2 rings (SSSR count). The quantitative estimate of drug-likeness (QED) is 0.883. The van der Waals surface area contributed by atoms with Gasteiger partial charge in [-0.1, -0.05) is 6.92 Å². The van der Waals surface area contributed by atoms with Crippen LogP contribution in [0, 0.1) is 6.92 Å². The molecule has 0 fully saturated rings. The van der Waals surface area contributed by atoms with Crippen molar-refractivity contribution in [1.82, 2.24) is 14.9 Å². The number of nitrogens with one attached hydrogen (secondary N) is 1. The highest BCUT2D eigenvalue weighted by molar-refractivity contribution is 7.08. The Hall–Kier alpha value is -1.13. The Kier molecular flexibility index (Phi) is 3.97. The average molecular weight is 249 g/mol. The van der Waals surface area contributed by atoms with E-state index in [0.717, 1.165) is 18.8 Å². The molecule has 0 saturated heterocycles. The normalized spacial score (nSPS) is 12.9. The van der Waals surface area contributed by atoms with Crippen molar-refractivity contribution in [2.24, 2.45) is 7.05 Å². The van der Waals surface area contributed by atoms with Crippen LogP contribution in [0.4, 0.5) is 0 Å². The molecule has 0 aromatic carbocycles. The summed E-state index contributed by atoms with van der Waals surface area (Å²) in [5.41, 5.74) is 2.68. The van der Waals surface area contributed by atoms with Crippen LogP contribution in [-0.4, -0.2) is 16.1 Å². The fraction of sp³-hybridized carbons (Fsp3) is 0.462. The molecule has 1 N–H and O–H groups in total. The molecular formula is C13H19N3S. The van der Waals surface area contributed by atoms with E-state index in [1.54, 1.807) is 11.3 Å². The minimum absolute atomic E-state index is 0.209. The molecular weight excluding hydrogens is 230 g/mol. The lowest BCUT2D eigenvalue weighted by Crippen LogP contribution is -2.25. The van der Waals surface area contributed by atoms with Crippen molar-refractivity contribution < 1.29 is 0 Å². The molecule has 17 heavy (non-hydrogen) atoms. The second-order valence-electron chi connectivity index (χ2n) is 4.29. The van der Waals surface area contributed by atoms with Gasteiger partial charge in [0.15, 0.2) is 0 Å². The lowest BCUT2D eigenvalue weighted by atomic mass is 10.1. The molecule has 4 heteroatoms. The molecule has 0 aliphatic rings. The van der Waals surface area contributed by atoms with Crippen molar-refractivity contribution in [3.05, 3.63) is 40.1 Å². The predicted octanol–water partition coefficient (Wildman–Crippen LogP) is 2.88. The van der Waals surface area contributed by atoms with Crippen molar-refractivity contribution in [1.29, 1.82) is 0 Å². The number of hydrogen-bond acceptors (Lipinski definition) is 3. The first kappa shape index (κ1) is 12.3. The zero-order valence-corrected chi connectivity index (χ0v) is 11.4. The van der Waals surface area contributed by atoms with Gasteiger partial charge < -0.3 is 9.88 Å². The molecule has 0 aliphatic carbocycles. The van der Waals surface area contributed by atoms with Gasteiger partial charge in [0.05, 0.1) is 6.04 Å². The molecule has 3 nitrogen and oxygen atoms in total. The summed E-state index contributed by atoms with van der Waals surface area (Å²) in [6.07, 6.45) is 4.99. The summed E-state index contributed by atoms with van der Waals surface area (Å²) < 4.78 is 2.09. The zero-order chi connectivity index (χ0) is 12.3. The van der Waals surface area contributed by atoms with Crippen LogP contribution in [0.1, 0.15) is 36.3 Å². The van der Waals surface area contributed by atoms with E-state index in [1.807, 2.05) is 19.4 Å². The van der Waals surface area contributed by atoms with Crippen molar-refractivity contribution in [2.45, 2.75) is 26.3 Å². The second kappa shape index (κ2) is 5.47. The minimum atomic E-state index is 0.209. The fourth-order valence-electron chi connectivity index (χ4n) is 1.95. The highest BCUT2D eigenvalue weighted by Gasteiger charge is 2.19. The van der Waals surface area contributed by atoms with Crippen LogP contribution in [-0.2, 0) is 7.05 Å². The first-order valence-electron chi connectivity index (χ1n) is 5.97. The molecule has 0 aliphatic heterocycles. The van der Waals surface area contributed by atoms with Crippen molar-refractivity contribution in [2.75, 3.05) is 6.54 Å². The van der Waals surface area contributed by atoms with E-state index in [2.05, 4.69) is 39.5 Å². The monoisotopic (exact) mass is 249 g/mol. The molecule has 2 aromatic rings. The molecule has 0 saturated carbocycles. The van der Waals surface area contributed by atoms with Gasteiger partial charge in [-0.3, -0.25) is 0 Å². The van der Waals surface area contributed by atoms with Crippen LogP contribution in [0.5, 0.6) is 0 Å². The standard InChI is InChI=1S/C13H19N3S/c1-4-5-14-12(11-9-17-8-10(11)2)13-15-6-7-16(13)3/h6-9,12,14H,4-5H2,1-3H3. The molecule has 1 unspecified atom stereocenters. The Labute approximate surface area is 107 Å². The molecule has 0 bridgehead atoms. The fourth-order valence-corrected chi connectivity index (χ4v) is 2.83. The molecule has 2 heterocycles. The Bertz CT molecular complexity index is 432. The van der Waals surface area contributed by atoms with E-state index in [-0.39, 0.29) is 6.04 Å². The third-order valence-electron chi connectivity index (χ3n) is 2.92. The lowest BCUT2D eigenvalue weighted by molar-refractivity contribution is 0.555. The first-order chi connectivity index (χ1) is 8.24. The van der Waals surface area contributed by atoms with Crippen LogP contribution < -0.4 is 5.32 Å². The summed E-state index contributed by atoms with van der Waals surface area (Å²) in [4.78, 5) is 4.47. The van der Waals surface area contributed by atoms with Gasteiger partial charge in [0.25, 0.3) is 0 Å². The van der Waals surface area contributed by atoms with E-state index in [0.29, 0.717) is 0 Å². The second-order valence-corrected chi connectivity index (χ2v) is 5.04. The highest BCUT2D eigenvalue weighted by atomic mass is 32.1. The Morgan fingerprint density at radius 3 is 2.82 bits per heavy atom. The summed E-state index contributed by atoms with van der Waals surface area (Å²) in [5, 5.41) is 7.99. The smallest absolute Gasteiger partial charge is 0.130 e. The van der Waals surface area contributed by atoms with Crippen LogP contribution in [0.3, 0.4) is 0 Å². The predicted molar refractivity (Wildman–Crippen MR) is 72.4 cm³/mol. The summed E-state index contributed by atoms with van der Waals surface area (Å²) in [6.45, 7) is 5.35. The van der Waals surface area contributed by atoms with Crippen LogP contribution in [0.25, 0.3) is 0 Å². The number of aryl methyl sites for hydroxylation is 2. The van der Waals surface area contributed by atoms with Crippen molar-refractivity contribution in [3.8, 4) is 0 Å². The van der Waals surface area contributed by atoms with Gasteiger partial charge in [-0.15, -0.1) is 0 Å². The average Bonchev–Trinajstić information content (AvgIpc) is 2.90.